The monoisotopic (exact) mass is 297 g/mol. The zero-order chi connectivity index (χ0) is 16.1. The van der Waals surface area contributed by atoms with Crippen molar-refractivity contribution < 1.29 is 4.79 Å². The highest BCUT2D eigenvalue weighted by Gasteiger charge is 2.15. The Kier molecular flexibility index (Phi) is 5.04. The van der Waals surface area contributed by atoms with Crippen LogP contribution in [0.3, 0.4) is 0 Å². The fourth-order valence-electron chi connectivity index (χ4n) is 2.71. The van der Waals surface area contributed by atoms with Crippen molar-refractivity contribution >= 4 is 17.3 Å². The Morgan fingerprint density at radius 1 is 1.00 bits per heavy atom. The molecular formula is C18H23N3O. The van der Waals surface area contributed by atoms with Crippen molar-refractivity contribution in [3.63, 3.8) is 0 Å². The lowest BCUT2D eigenvalue weighted by molar-refractivity contribution is 0.0999. The number of nitrogen functional groups attached to an aromatic ring is 2. The number of unbranched alkanes of at least 4 members (excludes halogenated alkanes) is 2. The molecule has 0 radical (unpaired) electrons. The highest BCUT2D eigenvalue weighted by Crippen LogP contribution is 2.34. The van der Waals surface area contributed by atoms with Crippen LogP contribution in [-0.2, 0) is 6.42 Å². The molecule has 4 heteroatoms. The normalized spacial score (nSPS) is 10.6. The molecule has 6 N–H and O–H groups in total. The standard InChI is InChI=1S/C18H23N3O/c1-2-3-4-7-13-12(8-5-10-15(13)18(21)22)14-9-6-11-16(19)17(14)20/h5-6,8-11H,2-4,7,19-20H2,1H3,(H2,21,22). The van der Waals surface area contributed by atoms with Crippen LogP contribution in [0.1, 0.15) is 42.1 Å². The molecule has 2 aromatic carbocycles. The molecule has 0 aromatic heterocycles. The lowest BCUT2D eigenvalue weighted by atomic mass is 9.90. The van der Waals surface area contributed by atoms with Crippen LogP contribution >= 0.6 is 0 Å². The van der Waals surface area contributed by atoms with E-state index in [2.05, 4.69) is 6.92 Å². The number of benzene rings is 2. The maximum Gasteiger partial charge on any atom is 0.248 e. The Hall–Kier alpha value is -2.49. The second-order valence-electron chi connectivity index (χ2n) is 5.46. The molecule has 0 unspecified atom stereocenters. The molecule has 0 atom stereocenters. The van der Waals surface area contributed by atoms with Crippen LogP contribution in [0.25, 0.3) is 11.1 Å². The summed E-state index contributed by atoms with van der Waals surface area (Å²) in [7, 11) is 0. The van der Waals surface area contributed by atoms with Gasteiger partial charge in [-0.25, -0.2) is 0 Å². The van der Waals surface area contributed by atoms with Crippen molar-refractivity contribution in [2.45, 2.75) is 32.6 Å². The average molecular weight is 297 g/mol. The van der Waals surface area contributed by atoms with Gasteiger partial charge in [-0.2, -0.15) is 0 Å². The number of amides is 1. The molecule has 0 aliphatic heterocycles. The predicted octanol–water partition coefficient (Wildman–Crippen LogP) is 3.35. The van der Waals surface area contributed by atoms with E-state index in [9.17, 15) is 4.79 Å². The van der Waals surface area contributed by atoms with Crippen LogP contribution in [0.5, 0.6) is 0 Å². The highest BCUT2D eigenvalue weighted by molar-refractivity contribution is 5.97. The smallest absolute Gasteiger partial charge is 0.248 e. The van der Waals surface area contributed by atoms with Crippen LogP contribution in [0.4, 0.5) is 11.4 Å². The Bertz CT molecular complexity index is 680. The SMILES string of the molecule is CCCCCc1c(C(N)=O)cccc1-c1cccc(N)c1N. The molecule has 0 aliphatic carbocycles. The first-order valence-electron chi connectivity index (χ1n) is 7.62. The third kappa shape index (κ3) is 3.22. The minimum Gasteiger partial charge on any atom is -0.397 e. The van der Waals surface area contributed by atoms with Gasteiger partial charge in [0, 0.05) is 11.1 Å². The molecule has 0 spiro atoms. The third-order valence-electron chi connectivity index (χ3n) is 3.90. The summed E-state index contributed by atoms with van der Waals surface area (Å²) in [6, 6.07) is 11.1. The summed E-state index contributed by atoms with van der Waals surface area (Å²) < 4.78 is 0. The second-order valence-corrected chi connectivity index (χ2v) is 5.46. The van der Waals surface area contributed by atoms with E-state index in [-0.39, 0.29) is 0 Å². The van der Waals surface area contributed by atoms with Crippen molar-refractivity contribution in [3.8, 4) is 11.1 Å². The van der Waals surface area contributed by atoms with E-state index in [1.807, 2.05) is 24.3 Å². The molecular weight excluding hydrogens is 274 g/mol. The molecule has 4 nitrogen and oxygen atoms in total. The average Bonchev–Trinajstić information content (AvgIpc) is 2.50. The third-order valence-corrected chi connectivity index (χ3v) is 3.90. The van der Waals surface area contributed by atoms with Crippen LogP contribution in [0.2, 0.25) is 0 Å². The summed E-state index contributed by atoms with van der Waals surface area (Å²) >= 11 is 0. The first kappa shape index (κ1) is 15.9. The van der Waals surface area contributed by atoms with Gasteiger partial charge in [0.1, 0.15) is 0 Å². The summed E-state index contributed by atoms with van der Waals surface area (Å²) in [5, 5.41) is 0. The maximum absolute atomic E-state index is 11.8. The molecule has 0 heterocycles. The number of nitrogens with two attached hydrogens (primary N) is 3. The maximum atomic E-state index is 11.8. The lowest BCUT2D eigenvalue weighted by Crippen LogP contribution is -2.14. The van der Waals surface area contributed by atoms with Crippen molar-refractivity contribution in [2.75, 3.05) is 11.5 Å². The number of primary amides is 1. The first-order chi connectivity index (χ1) is 10.6. The van der Waals surface area contributed by atoms with Gasteiger partial charge in [0.25, 0.3) is 0 Å². The molecule has 0 saturated carbocycles. The fraction of sp³-hybridized carbons (Fsp3) is 0.278. The van der Waals surface area contributed by atoms with Gasteiger partial charge in [-0.1, -0.05) is 44.0 Å². The van der Waals surface area contributed by atoms with Gasteiger partial charge in [-0.3, -0.25) is 4.79 Å². The van der Waals surface area contributed by atoms with Gasteiger partial charge in [-0.15, -0.1) is 0 Å². The Morgan fingerprint density at radius 3 is 2.36 bits per heavy atom. The van der Waals surface area contributed by atoms with E-state index in [0.717, 1.165) is 42.4 Å². The minimum atomic E-state index is -0.407. The van der Waals surface area contributed by atoms with E-state index in [1.54, 1.807) is 12.1 Å². The molecule has 0 saturated heterocycles. The van der Waals surface area contributed by atoms with E-state index in [4.69, 9.17) is 17.2 Å². The van der Waals surface area contributed by atoms with Gasteiger partial charge in [0.05, 0.1) is 11.4 Å². The van der Waals surface area contributed by atoms with Crippen molar-refractivity contribution in [2.24, 2.45) is 5.73 Å². The second kappa shape index (κ2) is 6.98. The molecule has 0 fully saturated rings. The number of para-hydroxylation sites is 1. The highest BCUT2D eigenvalue weighted by atomic mass is 16.1. The predicted molar refractivity (Wildman–Crippen MR) is 92.4 cm³/mol. The Balaban J connectivity index is 2.56. The topological polar surface area (TPSA) is 95.1 Å². The minimum absolute atomic E-state index is 0.407. The van der Waals surface area contributed by atoms with Crippen LogP contribution in [0.15, 0.2) is 36.4 Å². The summed E-state index contributed by atoms with van der Waals surface area (Å²) in [6.07, 6.45) is 4.04. The molecule has 0 bridgehead atoms. The van der Waals surface area contributed by atoms with Crippen molar-refractivity contribution in [1.29, 1.82) is 0 Å². The zero-order valence-electron chi connectivity index (χ0n) is 12.9. The van der Waals surface area contributed by atoms with E-state index < -0.39 is 5.91 Å². The van der Waals surface area contributed by atoms with Crippen LogP contribution in [-0.4, -0.2) is 5.91 Å². The summed E-state index contributed by atoms with van der Waals surface area (Å²) in [6.45, 7) is 2.15. The van der Waals surface area contributed by atoms with Gasteiger partial charge >= 0.3 is 0 Å². The van der Waals surface area contributed by atoms with Crippen molar-refractivity contribution in [3.05, 3.63) is 47.5 Å². The number of hydrogen-bond donors (Lipinski definition) is 3. The summed E-state index contributed by atoms with van der Waals surface area (Å²) in [5.41, 5.74) is 22.0. The summed E-state index contributed by atoms with van der Waals surface area (Å²) in [4.78, 5) is 11.8. The molecule has 22 heavy (non-hydrogen) atoms. The lowest BCUT2D eigenvalue weighted by Gasteiger charge is -2.16. The summed E-state index contributed by atoms with van der Waals surface area (Å²) in [5.74, 6) is -0.407. The number of hydrogen-bond acceptors (Lipinski definition) is 3. The van der Waals surface area contributed by atoms with Gasteiger partial charge in [0.15, 0.2) is 0 Å². The number of rotatable bonds is 6. The van der Waals surface area contributed by atoms with Gasteiger partial charge < -0.3 is 17.2 Å². The Morgan fingerprint density at radius 2 is 1.68 bits per heavy atom. The largest absolute Gasteiger partial charge is 0.397 e. The molecule has 2 aromatic rings. The fourth-order valence-corrected chi connectivity index (χ4v) is 2.71. The zero-order valence-corrected chi connectivity index (χ0v) is 12.9. The number of anilines is 2. The quantitative estimate of drug-likeness (QED) is 0.563. The molecule has 0 aliphatic rings. The Labute approximate surface area is 131 Å². The van der Waals surface area contributed by atoms with Crippen molar-refractivity contribution in [1.82, 2.24) is 0 Å². The van der Waals surface area contributed by atoms with E-state index >= 15 is 0 Å². The molecule has 116 valence electrons. The van der Waals surface area contributed by atoms with Crippen LogP contribution < -0.4 is 17.2 Å². The number of carbonyl (C=O) groups excluding carboxylic acids is 1. The molecule has 1 amide bonds. The van der Waals surface area contributed by atoms with Crippen LogP contribution in [0, 0.1) is 0 Å². The first-order valence-corrected chi connectivity index (χ1v) is 7.62. The van der Waals surface area contributed by atoms with Gasteiger partial charge in [-0.05, 0) is 36.1 Å². The number of carbonyl (C=O) groups is 1. The van der Waals surface area contributed by atoms with E-state index in [1.165, 1.54) is 0 Å². The van der Waals surface area contributed by atoms with E-state index in [0.29, 0.717) is 16.9 Å². The van der Waals surface area contributed by atoms with Gasteiger partial charge in [0.2, 0.25) is 5.91 Å². The molecule has 2 rings (SSSR count).